The maximum atomic E-state index is 13.7. The van der Waals surface area contributed by atoms with Crippen LogP contribution in [0.3, 0.4) is 0 Å². The third kappa shape index (κ3) is 6.78. The molecule has 1 N–H and O–H groups in total. The fraction of sp³-hybridized carbons (Fsp3) is 0.250. The molecule has 0 saturated carbocycles. The molecule has 0 saturated heterocycles. The lowest BCUT2D eigenvalue weighted by Gasteiger charge is -2.28. The summed E-state index contributed by atoms with van der Waals surface area (Å²) in [5.74, 6) is -5.64. The largest absolute Gasteiger partial charge is 0.489 e. The normalized spacial score (nSPS) is 13.2. The van der Waals surface area contributed by atoms with Gasteiger partial charge in [-0.25, -0.2) is 5.06 Å². The Morgan fingerprint density at radius 3 is 2.03 bits per heavy atom. The molecule has 0 fully saturated rings. The molecule has 12 heteroatoms. The Morgan fingerprint density at radius 2 is 1.39 bits per heavy atom. The summed E-state index contributed by atoms with van der Waals surface area (Å²) in [7, 11) is 0. The predicted molar refractivity (Wildman–Crippen MR) is 114 cm³/mol. The van der Waals surface area contributed by atoms with Crippen molar-refractivity contribution in [2.75, 3.05) is 11.6 Å². The molecule has 0 aromatic heterocycles. The van der Waals surface area contributed by atoms with Crippen molar-refractivity contribution in [3.8, 4) is 11.5 Å². The highest BCUT2D eigenvalue weighted by atomic mass is 19.4. The fourth-order valence-corrected chi connectivity index (χ4v) is 2.96. The van der Waals surface area contributed by atoms with Crippen LogP contribution >= 0.6 is 0 Å². The molecule has 194 valence electrons. The van der Waals surface area contributed by atoms with Gasteiger partial charge < -0.3 is 14.7 Å². The van der Waals surface area contributed by atoms with Gasteiger partial charge in [0.1, 0.15) is 12.4 Å². The summed E-state index contributed by atoms with van der Waals surface area (Å²) in [5, 5.41) is 10.1. The highest BCUT2D eigenvalue weighted by Gasteiger charge is 2.58. The molecule has 0 aliphatic heterocycles. The number of hydroxylamine groups is 1. The molecule has 0 aliphatic rings. The van der Waals surface area contributed by atoms with Gasteiger partial charge in [0, 0.05) is 11.6 Å². The lowest BCUT2D eigenvalue weighted by atomic mass is 10.1. The van der Waals surface area contributed by atoms with Crippen LogP contribution in [0.1, 0.15) is 11.1 Å². The van der Waals surface area contributed by atoms with E-state index in [4.69, 9.17) is 9.57 Å². The van der Waals surface area contributed by atoms with Gasteiger partial charge in [-0.15, -0.1) is 0 Å². The van der Waals surface area contributed by atoms with E-state index in [1.807, 2.05) is 0 Å². The van der Waals surface area contributed by atoms with Gasteiger partial charge in [-0.3, -0.25) is 0 Å². The van der Waals surface area contributed by atoms with Crippen molar-refractivity contribution in [2.45, 2.75) is 31.0 Å². The van der Waals surface area contributed by atoms with Crippen molar-refractivity contribution in [2.24, 2.45) is 0 Å². The molecule has 0 heterocycles. The van der Waals surface area contributed by atoms with Gasteiger partial charge in [-0.05, 0) is 29.8 Å². The van der Waals surface area contributed by atoms with Gasteiger partial charge in [-0.2, -0.15) is 35.1 Å². The Labute approximate surface area is 200 Å². The SMILES string of the molecule is O[C@@H](CN(Oc1cccc(C(F)(F)C(F)(F)F)c1)c1cccc(OCc2ccccc2)c1)C(F)(F)F. The van der Waals surface area contributed by atoms with E-state index < -0.39 is 42.2 Å². The van der Waals surface area contributed by atoms with E-state index in [1.165, 1.54) is 24.3 Å². The molecule has 0 bridgehead atoms. The highest BCUT2D eigenvalue weighted by Crippen LogP contribution is 2.44. The van der Waals surface area contributed by atoms with Crippen molar-refractivity contribution < 1.29 is 49.8 Å². The Kier molecular flexibility index (Phi) is 7.97. The first-order valence-electron chi connectivity index (χ1n) is 10.3. The number of benzene rings is 3. The number of aliphatic hydroxyl groups excluding tert-OH is 1. The standard InChI is InChI=1S/C24H19F8NO3/c25-22(26,24(30,31)32)17-8-4-11-20(12-17)36-33(14-21(34)23(27,28)29)18-9-5-10-19(13-18)35-15-16-6-2-1-3-7-16/h1-13,21,34H,14-15H2/t21-/m0/s1. The Bertz CT molecular complexity index is 1140. The average molecular weight is 521 g/mol. The molecule has 3 rings (SSSR count). The zero-order valence-corrected chi connectivity index (χ0v) is 18.2. The molecule has 0 aliphatic carbocycles. The highest BCUT2D eigenvalue weighted by molar-refractivity contribution is 5.50. The predicted octanol–water partition coefficient (Wildman–Crippen LogP) is 6.64. The first kappa shape index (κ1) is 27.1. The van der Waals surface area contributed by atoms with Gasteiger partial charge in [0.2, 0.25) is 0 Å². The van der Waals surface area contributed by atoms with Crippen molar-refractivity contribution in [1.82, 2.24) is 0 Å². The number of alkyl halides is 8. The number of nitrogens with zero attached hydrogens (tertiary/aromatic N) is 1. The number of aliphatic hydroxyl groups is 1. The minimum Gasteiger partial charge on any atom is -0.489 e. The van der Waals surface area contributed by atoms with Gasteiger partial charge >= 0.3 is 18.3 Å². The van der Waals surface area contributed by atoms with Crippen LogP contribution in [0.4, 0.5) is 40.8 Å². The second-order valence-electron chi connectivity index (χ2n) is 7.58. The molecule has 0 spiro atoms. The lowest BCUT2D eigenvalue weighted by Crippen LogP contribution is -2.42. The Balaban J connectivity index is 1.88. The number of anilines is 1. The maximum absolute atomic E-state index is 13.7. The van der Waals surface area contributed by atoms with Crippen LogP contribution in [-0.4, -0.2) is 30.1 Å². The second kappa shape index (κ2) is 10.6. The van der Waals surface area contributed by atoms with Crippen LogP contribution in [0.2, 0.25) is 0 Å². The molecule has 3 aromatic rings. The van der Waals surface area contributed by atoms with Crippen LogP contribution in [0.15, 0.2) is 78.9 Å². The molecule has 0 radical (unpaired) electrons. The average Bonchev–Trinajstić information content (AvgIpc) is 2.82. The first-order valence-corrected chi connectivity index (χ1v) is 10.3. The van der Waals surface area contributed by atoms with Crippen molar-refractivity contribution in [3.05, 3.63) is 90.0 Å². The van der Waals surface area contributed by atoms with E-state index >= 15 is 0 Å². The number of rotatable bonds is 9. The number of hydrogen-bond acceptors (Lipinski definition) is 4. The molecule has 1 atom stereocenters. The molecule has 0 unspecified atom stereocenters. The number of ether oxygens (including phenoxy) is 1. The summed E-state index contributed by atoms with van der Waals surface area (Å²) < 4.78 is 110. The van der Waals surface area contributed by atoms with Crippen molar-refractivity contribution >= 4 is 5.69 Å². The van der Waals surface area contributed by atoms with E-state index in [0.29, 0.717) is 17.2 Å². The lowest BCUT2D eigenvalue weighted by molar-refractivity contribution is -0.289. The molecular weight excluding hydrogens is 502 g/mol. The van der Waals surface area contributed by atoms with Crippen molar-refractivity contribution in [3.63, 3.8) is 0 Å². The van der Waals surface area contributed by atoms with Crippen molar-refractivity contribution in [1.29, 1.82) is 0 Å². The van der Waals surface area contributed by atoms with Gasteiger partial charge in [0.15, 0.2) is 11.9 Å². The molecule has 0 amide bonds. The van der Waals surface area contributed by atoms with E-state index in [-0.39, 0.29) is 18.0 Å². The third-order valence-corrected chi connectivity index (χ3v) is 4.84. The summed E-state index contributed by atoms with van der Waals surface area (Å²) in [4.78, 5) is 5.25. The molecule has 3 aromatic carbocycles. The minimum atomic E-state index is -5.90. The Hall–Kier alpha value is -3.54. The van der Waals surface area contributed by atoms with Gasteiger partial charge in [0.25, 0.3) is 0 Å². The summed E-state index contributed by atoms with van der Waals surface area (Å²) in [5.41, 5.74) is -0.758. The first-order chi connectivity index (χ1) is 16.8. The molecule has 4 nitrogen and oxygen atoms in total. The van der Waals surface area contributed by atoms with E-state index in [1.54, 1.807) is 30.3 Å². The quantitative estimate of drug-likeness (QED) is 0.253. The molecular formula is C24H19F8NO3. The topological polar surface area (TPSA) is 41.9 Å². The summed E-state index contributed by atoms with van der Waals surface area (Å²) in [6, 6.07) is 17.0. The van der Waals surface area contributed by atoms with Crippen LogP contribution in [0.5, 0.6) is 11.5 Å². The van der Waals surface area contributed by atoms with Gasteiger partial charge in [0.05, 0.1) is 12.2 Å². The zero-order chi connectivity index (χ0) is 26.6. The Morgan fingerprint density at radius 1 is 0.750 bits per heavy atom. The van der Waals surface area contributed by atoms with Crippen LogP contribution in [-0.2, 0) is 12.5 Å². The minimum absolute atomic E-state index is 0.0863. The summed E-state index contributed by atoms with van der Waals surface area (Å²) in [6.45, 7) is -1.10. The van der Waals surface area contributed by atoms with E-state index in [9.17, 15) is 40.2 Å². The zero-order valence-electron chi connectivity index (χ0n) is 18.2. The third-order valence-electron chi connectivity index (χ3n) is 4.84. The second-order valence-corrected chi connectivity index (χ2v) is 7.58. The van der Waals surface area contributed by atoms with E-state index in [2.05, 4.69) is 0 Å². The summed E-state index contributed by atoms with van der Waals surface area (Å²) in [6.07, 6.45) is -13.9. The summed E-state index contributed by atoms with van der Waals surface area (Å²) >= 11 is 0. The number of halogens is 8. The van der Waals surface area contributed by atoms with E-state index in [0.717, 1.165) is 17.7 Å². The number of hydrogen-bond donors (Lipinski definition) is 1. The van der Waals surface area contributed by atoms with Crippen LogP contribution < -0.4 is 14.6 Å². The maximum Gasteiger partial charge on any atom is 0.458 e. The van der Waals surface area contributed by atoms with Crippen LogP contribution in [0.25, 0.3) is 0 Å². The monoisotopic (exact) mass is 521 g/mol. The van der Waals surface area contributed by atoms with Crippen LogP contribution in [0, 0.1) is 0 Å². The smallest absolute Gasteiger partial charge is 0.458 e. The van der Waals surface area contributed by atoms with Gasteiger partial charge in [-0.1, -0.05) is 48.5 Å². The fourth-order valence-electron chi connectivity index (χ4n) is 2.96. The molecule has 36 heavy (non-hydrogen) atoms.